The average Bonchev–Trinajstić information content (AvgIpc) is 2.58. The summed E-state index contributed by atoms with van der Waals surface area (Å²) in [5.41, 5.74) is -3.85. The van der Waals surface area contributed by atoms with Gasteiger partial charge in [0.2, 0.25) is 6.10 Å². The smallest absolute Gasteiger partial charge is 0.418 e. The maximum absolute atomic E-state index is 13.2. The van der Waals surface area contributed by atoms with Crippen molar-refractivity contribution in [2.24, 2.45) is 0 Å². The third-order valence-electron chi connectivity index (χ3n) is 3.98. The second-order valence-electron chi connectivity index (χ2n) is 6.77. The van der Waals surface area contributed by atoms with Gasteiger partial charge in [0.05, 0.1) is 24.4 Å². The highest BCUT2D eigenvalue weighted by atomic mass is 19.4. The van der Waals surface area contributed by atoms with Gasteiger partial charge in [-0.05, 0) is 26.0 Å². The number of alkyl halides is 3. The summed E-state index contributed by atoms with van der Waals surface area (Å²) in [4.78, 5) is 39.9. The molecule has 0 aliphatic carbocycles. The molecule has 2 heterocycles. The van der Waals surface area contributed by atoms with E-state index in [1.54, 1.807) is 0 Å². The Labute approximate surface area is 163 Å². The van der Waals surface area contributed by atoms with E-state index < -0.39 is 53.1 Å². The van der Waals surface area contributed by atoms with Gasteiger partial charge in [0.15, 0.2) is 6.10 Å². The van der Waals surface area contributed by atoms with E-state index in [4.69, 9.17) is 4.74 Å². The minimum Gasteiger partial charge on any atom is -0.478 e. The van der Waals surface area contributed by atoms with E-state index in [2.05, 4.69) is 9.72 Å². The minimum atomic E-state index is -4.79. The predicted octanol–water partition coefficient (Wildman–Crippen LogP) is 1.08. The number of aliphatic hydroxyl groups is 1. The van der Waals surface area contributed by atoms with Crippen molar-refractivity contribution in [1.82, 2.24) is 4.98 Å². The normalized spacial score (nSPS) is 19.1. The van der Waals surface area contributed by atoms with E-state index in [1.807, 2.05) is 0 Å². The highest BCUT2D eigenvalue weighted by Crippen LogP contribution is 2.37. The maximum Gasteiger partial charge on any atom is 0.418 e. The van der Waals surface area contributed by atoms with Gasteiger partial charge >= 0.3 is 18.1 Å². The van der Waals surface area contributed by atoms with Crippen LogP contribution in [0, 0.1) is 0 Å². The van der Waals surface area contributed by atoms with Gasteiger partial charge < -0.3 is 19.7 Å². The number of carboxylic acids is 1. The van der Waals surface area contributed by atoms with Crippen LogP contribution in [-0.2, 0) is 35.6 Å². The van der Waals surface area contributed by atoms with Crippen molar-refractivity contribution in [3.8, 4) is 0 Å². The predicted molar refractivity (Wildman–Crippen MR) is 89.8 cm³/mol. The summed E-state index contributed by atoms with van der Waals surface area (Å²) in [6.07, 6.45) is -8.44. The summed E-state index contributed by atoms with van der Waals surface area (Å²) < 4.78 is 49.5. The Morgan fingerprint density at radius 2 is 1.97 bits per heavy atom. The number of anilines is 1. The van der Waals surface area contributed by atoms with E-state index in [1.165, 1.54) is 0 Å². The van der Waals surface area contributed by atoms with Gasteiger partial charge in [-0.2, -0.15) is 13.2 Å². The number of carbonyl (C=O) groups is 3. The van der Waals surface area contributed by atoms with Crippen molar-refractivity contribution in [3.63, 3.8) is 0 Å². The highest BCUT2D eigenvalue weighted by molar-refractivity contribution is 6.00. The second-order valence-corrected chi connectivity index (χ2v) is 6.77. The van der Waals surface area contributed by atoms with E-state index in [-0.39, 0.29) is 19.0 Å². The van der Waals surface area contributed by atoms with Gasteiger partial charge in [-0.15, -0.1) is 0 Å². The first-order chi connectivity index (χ1) is 13.2. The van der Waals surface area contributed by atoms with Gasteiger partial charge in [-0.3, -0.25) is 14.5 Å². The van der Waals surface area contributed by atoms with Gasteiger partial charge in [0.1, 0.15) is 11.4 Å². The number of carboxylic acid groups (broad SMARTS) is 1. The van der Waals surface area contributed by atoms with Crippen LogP contribution in [0.4, 0.5) is 19.0 Å². The molecule has 29 heavy (non-hydrogen) atoms. The monoisotopic (exact) mass is 420 g/mol. The molecule has 1 aliphatic heterocycles. The molecule has 1 aliphatic rings. The molecule has 0 radical (unpaired) electrons. The molecule has 1 saturated heterocycles. The first-order valence-electron chi connectivity index (χ1n) is 8.37. The number of nitrogens with zero attached hydrogens (tertiary/aromatic N) is 2. The summed E-state index contributed by atoms with van der Waals surface area (Å²) in [6, 6.07) is 1.61. The van der Waals surface area contributed by atoms with Crippen molar-refractivity contribution in [2.75, 3.05) is 18.1 Å². The van der Waals surface area contributed by atoms with Crippen LogP contribution in [0.2, 0.25) is 0 Å². The minimum absolute atomic E-state index is 0.134. The lowest BCUT2D eigenvalue weighted by Crippen LogP contribution is -2.56. The molecule has 0 bridgehead atoms. The SMILES string of the molecule is CC(=O)O[C@@H](C(=O)O)C1OCCN(c2ccc(C(F)(F)F)c(C(C)(C)O)n2)C1=O. The first-order valence-corrected chi connectivity index (χ1v) is 8.37. The summed E-state index contributed by atoms with van der Waals surface area (Å²) in [5, 5.41) is 19.3. The van der Waals surface area contributed by atoms with Crippen molar-refractivity contribution < 1.29 is 47.2 Å². The molecule has 1 unspecified atom stereocenters. The van der Waals surface area contributed by atoms with Crippen LogP contribution in [-0.4, -0.2) is 58.4 Å². The summed E-state index contributed by atoms with van der Waals surface area (Å²) in [5.74, 6) is -3.78. The molecule has 1 fully saturated rings. The van der Waals surface area contributed by atoms with Gasteiger partial charge in [0, 0.05) is 6.92 Å². The number of pyridine rings is 1. The lowest BCUT2D eigenvalue weighted by atomic mass is 9.98. The van der Waals surface area contributed by atoms with Gasteiger partial charge in [-0.25, -0.2) is 9.78 Å². The number of amides is 1. The Morgan fingerprint density at radius 3 is 2.45 bits per heavy atom. The lowest BCUT2D eigenvalue weighted by molar-refractivity contribution is -0.177. The number of morpholine rings is 1. The average molecular weight is 420 g/mol. The first kappa shape index (κ1) is 22.6. The molecular weight excluding hydrogens is 401 g/mol. The Morgan fingerprint density at radius 1 is 1.34 bits per heavy atom. The molecule has 0 spiro atoms. The number of ether oxygens (including phenoxy) is 2. The molecule has 1 aromatic heterocycles. The molecule has 160 valence electrons. The number of esters is 1. The van der Waals surface area contributed by atoms with Crippen LogP contribution in [0.5, 0.6) is 0 Å². The van der Waals surface area contributed by atoms with Crippen LogP contribution in [0.15, 0.2) is 12.1 Å². The third-order valence-corrected chi connectivity index (χ3v) is 3.98. The fraction of sp³-hybridized carbons (Fsp3) is 0.529. The zero-order valence-electron chi connectivity index (χ0n) is 15.7. The number of carbonyl (C=O) groups excluding carboxylic acids is 2. The van der Waals surface area contributed by atoms with Crippen LogP contribution in [0.1, 0.15) is 32.0 Å². The number of aliphatic carboxylic acids is 1. The molecule has 0 aromatic carbocycles. The van der Waals surface area contributed by atoms with Crippen LogP contribution in [0.3, 0.4) is 0 Å². The number of hydrogen-bond donors (Lipinski definition) is 2. The summed E-state index contributed by atoms with van der Waals surface area (Å²) >= 11 is 0. The Bertz CT molecular complexity index is 820. The fourth-order valence-corrected chi connectivity index (χ4v) is 2.77. The molecule has 1 amide bonds. The quantitative estimate of drug-likeness (QED) is 0.678. The van der Waals surface area contributed by atoms with Crippen molar-refractivity contribution in [1.29, 1.82) is 0 Å². The number of rotatable bonds is 5. The Balaban J connectivity index is 2.45. The molecule has 0 saturated carbocycles. The zero-order valence-corrected chi connectivity index (χ0v) is 15.7. The van der Waals surface area contributed by atoms with Crippen molar-refractivity contribution >= 4 is 23.7 Å². The molecule has 2 atom stereocenters. The Hall–Kier alpha value is -2.73. The summed E-state index contributed by atoms with van der Waals surface area (Å²) in [7, 11) is 0. The van der Waals surface area contributed by atoms with Gasteiger partial charge in [-0.1, -0.05) is 0 Å². The number of aromatic nitrogens is 1. The molecular formula is C17H19F3N2O7. The van der Waals surface area contributed by atoms with E-state index in [0.29, 0.717) is 6.07 Å². The Kier molecular flexibility index (Phi) is 6.18. The lowest BCUT2D eigenvalue weighted by Gasteiger charge is -2.34. The van der Waals surface area contributed by atoms with Crippen molar-refractivity contribution in [2.45, 2.75) is 44.8 Å². The van der Waals surface area contributed by atoms with Crippen LogP contribution >= 0.6 is 0 Å². The molecule has 2 rings (SSSR count). The number of halogens is 3. The fourth-order valence-electron chi connectivity index (χ4n) is 2.77. The van der Waals surface area contributed by atoms with E-state index in [9.17, 15) is 37.8 Å². The standard InChI is InChI=1S/C17H19F3N2O7/c1-8(23)29-12(15(25)26)11-14(24)22(6-7-28-11)10-5-4-9(17(18,19)20)13(21-10)16(2,3)27/h4-5,11-12,27H,6-7H2,1-3H3,(H,25,26)/t11?,12-/m1/s1. The third kappa shape index (κ3) is 5.01. The van der Waals surface area contributed by atoms with Crippen molar-refractivity contribution in [3.05, 3.63) is 23.4 Å². The molecule has 1 aromatic rings. The second kappa shape index (κ2) is 7.95. The molecule has 9 nitrogen and oxygen atoms in total. The topological polar surface area (TPSA) is 126 Å². The summed E-state index contributed by atoms with van der Waals surface area (Å²) in [6.45, 7) is 2.86. The van der Waals surface area contributed by atoms with Crippen LogP contribution in [0.25, 0.3) is 0 Å². The maximum atomic E-state index is 13.2. The van der Waals surface area contributed by atoms with Crippen LogP contribution < -0.4 is 4.90 Å². The largest absolute Gasteiger partial charge is 0.478 e. The zero-order chi connectivity index (χ0) is 22.1. The van der Waals surface area contributed by atoms with E-state index >= 15 is 0 Å². The molecule has 2 N–H and O–H groups in total. The number of hydrogen-bond acceptors (Lipinski definition) is 7. The molecule has 12 heteroatoms. The van der Waals surface area contributed by atoms with E-state index in [0.717, 1.165) is 31.7 Å². The highest BCUT2D eigenvalue weighted by Gasteiger charge is 2.44. The van der Waals surface area contributed by atoms with Gasteiger partial charge in [0.25, 0.3) is 5.91 Å².